The molecule has 3 aromatic heterocycles. The lowest BCUT2D eigenvalue weighted by Gasteiger charge is -2.14. The van der Waals surface area contributed by atoms with Gasteiger partial charge in [-0.3, -0.25) is 4.79 Å². The van der Waals surface area contributed by atoms with Gasteiger partial charge in [-0.2, -0.15) is 10.3 Å². The van der Waals surface area contributed by atoms with Crippen molar-refractivity contribution in [3.05, 3.63) is 76.0 Å². The van der Waals surface area contributed by atoms with Crippen molar-refractivity contribution >= 4 is 11.0 Å². The normalized spacial score (nSPS) is 11.3. The Labute approximate surface area is 183 Å². The molecule has 0 spiro atoms. The second kappa shape index (κ2) is 8.18. The number of H-pyrrole nitrogens is 2. The van der Waals surface area contributed by atoms with Gasteiger partial charge in [-0.25, -0.2) is 10.1 Å². The average Bonchev–Trinajstić information content (AvgIpc) is 3.46. The van der Waals surface area contributed by atoms with Crippen LogP contribution in [0.3, 0.4) is 0 Å². The highest BCUT2D eigenvalue weighted by molar-refractivity contribution is 5.82. The quantitative estimate of drug-likeness (QED) is 0.430. The Morgan fingerprint density at radius 1 is 0.969 bits per heavy atom. The number of aryl methyl sites for hydroxylation is 2. The van der Waals surface area contributed by atoms with E-state index in [2.05, 4.69) is 49.9 Å². The van der Waals surface area contributed by atoms with Crippen molar-refractivity contribution in [3.63, 3.8) is 0 Å². The monoisotopic (exact) mass is 426 g/mol. The van der Waals surface area contributed by atoms with Gasteiger partial charge in [0.05, 0.1) is 12.2 Å². The molecule has 0 atom stereocenters. The molecule has 5 aromatic rings. The van der Waals surface area contributed by atoms with Crippen molar-refractivity contribution in [3.8, 4) is 22.5 Å². The fourth-order valence-corrected chi connectivity index (χ4v) is 4.10. The minimum atomic E-state index is -0.231. The summed E-state index contributed by atoms with van der Waals surface area (Å²) in [6, 6.07) is 16.1. The Kier molecular flexibility index (Phi) is 5.06. The summed E-state index contributed by atoms with van der Waals surface area (Å²) in [5.74, 6) is 1.31. The van der Waals surface area contributed by atoms with Gasteiger partial charge < -0.3 is 4.57 Å². The number of nitrogens with zero attached hydrogens (tertiary/aromatic N) is 6. The van der Waals surface area contributed by atoms with Gasteiger partial charge in [-0.15, -0.1) is 10.2 Å². The molecule has 0 aliphatic rings. The maximum atomic E-state index is 12.7. The van der Waals surface area contributed by atoms with E-state index in [9.17, 15) is 4.79 Å². The van der Waals surface area contributed by atoms with Crippen molar-refractivity contribution < 1.29 is 0 Å². The Balaban J connectivity index is 1.65. The number of benzene rings is 2. The predicted octanol–water partition coefficient (Wildman–Crippen LogP) is 3.28. The number of nitrogens with one attached hydrogen (secondary N) is 2. The minimum absolute atomic E-state index is 0.231. The van der Waals surface area contributed by atoms with Crippen molar-refractivity contribution in [2.75, 3.05) is 0 Å². The summed E-state index contributed by atoms with van der Waals surface area (Å²) in [5, 5.41) is 21.4. The van der Waals surface area contributed by atoms with Gasteiger partial charge in [-0.1, -0.05) is 61.9 Å². The Bertz CT molecular complexity index is 1450. The first-order valence-electron chi connectivity index (χ1n) is 10.5. The number of hydrogen-bond acceptors (Lipinski definition) is 6. The molecule has 160 valence electrons. The predicted molar refractivity (Wildman–Crippen MR) is 121 cm³/mol. The molecular weight excluding hydrogens is 404 g/mol. The zero-order valence-corrected chi connectivity index (χ0v) is 17.8. The Morgan fingerprint density at radius 3 is 2.47 bits per heavy atom. The molecule has 3 heterocycles. The van der Waals surface area contributed by atoms with Crippen molar-refractivity contribution in [2.24, 2.45) is 0 Å². The summed E-state index contributed by atoms with van der Waals surface area (Å²) in [7, 11) is 0. The second-order valence-electron chi connectivity index (χ2n) is 7.63. The van der Waals surface area contributed by atoms with Crippen molar-refractivity contribution in [1.29, 1.82) is 0 Å². The van der Waals surface area contributed by atoms with Gasteiger partial charge in [0.25, 0.3) is 5.56 Å². The number of tetrazole rings is 1. The van der Waals surface area contributed by atoms with E-state index in [-0.39, 0.29) is 5.56 Å². The van der Waals surface area contributed by atoms with Crippen LogP contribution >= 0.6 is 0 Å². The van der Waals surface area contributed by atoms with Crippen LogP contribution in [0.4, 0.5) is 0 Å². The van der Waals surface area contributed by atoms with E-state index in [0.29, 0.717) is 23.4 Å². The zero-order valence-electron chi connectivity index (χ0n) is 17.8. The summed E-state index contributed by atoms with van der Waals surface area (Å²) >= 11 is 0. The smallest absolute Gasteiger partial charge is 0.290 e. The van der Waals surface area contributed by atoms with Gasteiger partial charge in [0.1, 0.15) is 16.9 Å². The molecule has 0 saturated carbocycles. The van der Waals surface area contributed by atoms with Crippen LogP contribution < -0.4 is 5.56 Å². The highest BCUT2D eigenvalue weighted by atomic mass is 16.1. The molecule has 2 aromatic carbocycles. The molecule has 0 aliphatic carbocycles. The fourth-order valence-electron chi connectivity index (χ4n) is 4.10. The van der Waals surface area contributed by atoms with Crippen LogP contribution in [0.15, 0.2) is 53.3 Å². The first kappa shape index (κ1) is 19.8. The second-order valence-corrected chi connectivity index (χ2v) is 7.63. The number of aromatic nitrogens is 8. The maximum absolute atomic E-state index is 12.7. The molecule has 0 saturated heterocycles. The number of fused-ring (bicyclic) bond motifs is 1. The number of hydrogen-bond donors (Lipinski definition) is 2. The lowest BCUT2D eigenvalue weighted by molar-refractivity contribution is 0.779. The molecular formula is C23H22N8O. The molecule has 2 N–H and O–H groups in total. The molecule has 0 unspecified atom stereocenters. The third kappa shape index (κ3) is 3.37. The first-order valence-corrected chi connectivity index (χ1v) is 10.5. The third-order valence-electron chi connectivity index (χ3n) is 5.58. The number of aromatic amines is 2. The lowest BCUT2D eigenvalue weighted by Crippen LogP contribution is -2.15. The summed E-state index contributed by atoms with van der Waals surface area (Å²) in [4.78, 5) is 17.4. The summed E-state index contributed by atoms with van der Waals surface area (Å²) in [5.41, 5.74) is 5.79. The highest BCUT2D eigenvalue weighted by Crippen LogP contribution is 2.33. The number of imidazole rings is 1. The lowest BCUT2D eigenvalue weighted by atomic mass is 9.95. The zero-order chi connectivity index (χ0) is 22.1. The summed E-state index contributed by atoms with van der Waals surface area (Å²) in [6.45, 7) is 4.50. The molecule has 0 fully saturated rings. The van der Waals surface area contributed by atoms with Gasteiger partial charge in [0.2, 0.25) is 5.82 Å². The third-order valence-corrected chi connectivity index (χ3v) is 5.58. The van der Waals surface area contributed by atoms with Gasteiger partial charge >= 0.3 is 0 Å². The maximum Gasteiger partial charge on any atom is 0.290 e. The Hall–Kier alpha value is -4.14. The summed E-state index contributed by atoms with van der Waals surface area (Å²) in [6.07, 6.45) is 1.69. The van der Waals surface area contributed by atoms with Crippen LogP contribution in [-0.2, 0) is 13.0 Å². The van der Waals surface area contributed by atoms with Crippen LogP contribution in [0.5, 0.6) is 0 Å². The van der Waals surface area contributed by atoms with Crippen molar-refractivity contribution in [2.45, 2.75) is 33.2 Å². The molecule has 32 heavy (non-hydrogen) atoms. The SMILES string of the molecule is CCCc1n[nH]c(=O)c2c1nc(C)n2Cc1ccccc1-c1ccccc1-c1nn[nH]n1. The fraction of sp³-hybridized carbons (Fsp3) is 0.217. The van der Waals surface area contributed by atoms with E-state index in [1.54, 1.807) is 0 Å². The molecule has 9 heteroatoms. The molecule has 0 radical (unpaired) electrons. The van der Waals surface area contributed by atoms with Gasteiger partial charge in [0, 0.05) is 5.56 Å². The topological polar surface area (TPSA) is 118 Å². The molecule has 5 rings (SSSR count). The van der Waals surface area contributed by atoms with E-state index in [4.69, 9.17) is 4.98 Å². The van der Waals surface area contributed by atoms with Gasteiger partial charge in [0.15, 0.2) is 0 Å². The van der Waals surface area contributed by atoms with Crippen LogP contribution in [0.1, 0.15) is 30.4 Å². The van der Waals surface area contributed by atoms with Crippen LogP contribution in [0.25, 0.3) is 33.5 Å². The van der Waals surface area contributed by atoms with Crippen molar-refractivity contribution in [1.82, 2.24) is 40.4 Å². The van der Waals surface area contributed by atoms with Crippen LogP contribution in [0, 0.1) is 6.92 Å². The standard InChI is InChI=1S/C23H22N8O/c1-3-8-19-20-21(23(32)28-25-19)31(14(2)24-20)13-15-9-4-5-10-16(15)17-11-6-7-12-18(17)22-26-29-30-27-22/h4-7,9-12H,3,8,13H2,1-2H3,(H,28,32)(H,26,27,29,30). The molecule has 0 amide bonds. The number of rotatable bonds is 6. The van der Waals surface area contributed by atoms with Crippen LogP contribution in [0.2, 0.25) is 0 Å². The molecule has 0 bridgehead atoms. The van der Waals surface area contributed by atoms with E-state index in [1.165, 1.54) is 0 Å². The molecule has 0 aliphatic heterocycles. The van der Waals surface area contributed by atoms with Crippen LogP contribution in [-0.4, -0.2) is 40.4 Å². The highest BCUT2D eigenvalue weighted by Gasteiger charge is 2.18. The first-order chi connectivity index (χ1) is 15.7. The average molecular weight is 426 g/mol. The van der Waals surface area contributed by atoms with E-state index in [0.717, 1.165) is 46.6 Å². The summed E-state index contributed by atoms with van der Waals surface area (Å²) < 4.78 is 1.96. The van der Waals surface area contributed by atoms with E-state index >= 15 is 0 Å². The van der Waals surface area contributed by atoms with Gasteiger partial charge in [-0.05, 0) is 35.2 Å². The minimum Gasteiger partial charge on any atom is -0.319 e. The Morgan fingerprint density at radius 2 is 1.72 bits per heavy atom. The molecule has 9 nitrogen and oxygen atoms in total. The van der Waals surface area contributed by atoms with E-state index < -0.39 is 0 Å². The largest absolute Gasteiger partial charge is 0.319 e. The van der Waals surface area contributed by atoms with E-state index in [1.807, 2.05) is 47.9 Å².